The molecular formula is C48H61ClN8O2S2. The molecule has 7 rings (SSSR count). The van der Waals surface area contributed by atoms with Crippen molar-refractivity contribution in [2.75, 3.05) is 80.6 Å². The second-order valence-electron chi connectivity index (χ2n) is 17.2. The number of nitrogens with one attached hydrogen (secondary N) is 2. The number of anilines is 3. The summed E-state index contributed by atoms with van der Waals surface area (Å²) in [6.07, 6.45) is 7.99. The average molecular weight is 882 g/mol. The average Bonchev–Trinajstić information content (AvgIpc) is 3.25. The Labute approximate surface area is 376 Å². The molecule has 5 aromatic rings. The summed E-state index contributed by atoms with van der Waals surface area (Å²) in [5.41, 5.74) is 7.29. The molecule has 2 N–H and O–H groups in total. The summed E-state index contributed by atoms with van der Waals surface area (Å²) < 4.78 is 3.32. The molecule has 324 valence electrons. The molecule has 0 amide bonds. The highest BCUT2D eigenvalue weighted by atomic mass is 35.5. The number of nitro groups is 1. The van der Waals surface area contributed by atoms with Gasteiger partial charge in [-0.25, -0.2) is 9.97 Å². The van der Waals surface area contributed by atoms with Gasteiger partial charge in [0.1, 0.15) is 17.8 Å². The first-order valence-corrected chi connectivity index (χ1v) is 23.7. The molecule has 2 heterocycles. The van der Waals surface area contributed by atoms with Crippen LogP contribution in [0.15, 0.2) is 113 Å². The van der Waals surface area contributed by atoms with Gasteiger partial charge in [-0.2, -0.15) is 0 Å². The lowest BCUT2D eigenvalue weighted by atomic mass is 9.73. The molecule has 4 aromatic carbocycles. The minimum atomic E-state index is -0.328. The lowest BCUT2D eigenvalue weighted by Crippen LogP contribution is -2.47. The van der Waals surface area contributed by atoms with Crippen LogP contribution in [0.25, 0.3) is 16.5 Å². The van der Waals surface area contributed by atoms with Crippen LogP contribution in [-0.4, -0.2) is 90.4 Å². The highest BCUT2D eigenvalue weighted by Crippen LogP contribution is 2.43. The number of piperazine rings is 1. The highest BCUT2D eigenvalue weighted by Gasteiger charge is 2.29. The van der Waals surface area contributed by atoms with Gasteiger partial charge in [0, 0.05) is 77.8 Å². The van der Waals surface area contributed by atoms with Crippen molar-refractivity contribution in [3.05, 3.63) is 124 Å². The first-order chi connectivity index (χ1) is 29.4. The van der Waals surface area contributed by atoms with Gasteiger partial charge in [0.15, 0.2) is 0 Å². The number of aromatic nitrogens is 2. The largest absolute Gasteiger partial charge is 0.379 e. The van der Waals surface area contributed by atoms with Gasteiger partial charge in [0.25, 0.3) is 5.69 Å². The summed E-state index contributed by atoms with van der Waals surface area (Å²) in [5.74, 6) is 1.28. The maximum Gasteiger partial charge on any atom is 0.293 e. The first kappa shape index (κ1) is 46.2. The zero-order valence-corrected chi connectivity index (χ0v) is 38.9. The molecule has 0 saturated carbocycles. The Morgan fingerprint density at radius 1 is 0.951 bits per heavy atom. The van der Waals surface area contributed by atoms with E-state index in [1.54, 1.807) is 35.8 Å². The van der Waals surface area contributed by atoms with Crippen LogP contribution in [0.4, 0.5) is 22.9 Å². The smallest absolute Gasteiger partial charge is 0.293 e. The molecule has 0 spiro atoms. The van der Waals surface area contributed by atoms with Gasteiger partial charge in [0.2, 0.25) is 0 Å². The maximum atomic E-state index is 11.9. The summed E-state index contributed by atoms with van der Waals surface area (Å²) in [4.78, 5) is 30.1. The van der Waals surface area contributed by atoms with E-state index in [0.717, 1.165) is 91.6 Å². The van der Waals surface area contributed by atoms with Crippen molar-refractivity contribution in [1.82, 2.24) is 19.8 Å². The van der Waals surface area contributed by atoms with Gasteiger partial charge in [-0.3, -0.25) is 15.0 Å². The number of allylic oxidation sites excluding steroid dienone is 1. The molecule has 0 bridgehead atoms. The number of nitro benzene ring substituents is 1. The Bertz CT molecular complexity index is 2230. The van der Waals surface area contributed by atoms with E-state index in [1.165, 1.54) is 34.4 Å². The van der Waals surface area contributed by atoms with E-state index in [4.69, 9.17) is 11.6 Å². The van der Waals surface area contributed by atoms with Crippen molar-refractivity contribution in [3.63, 3.8) is 0 Å². The second kappa shape index (κ2) is 22.2. The van der Waals surface area contributed by atoms with Crippen LogP contribution < -0.4 is 14.9 Å². The highest BCUT2D eigenvalue weighted by molar-refractivity contribution is 8.00. The molecule has 1 aromatic heterocycles. The number of nitrogens with zero attached hydrogens (tertiary/aromatic N) is 6. The summed E-state index contributed by atoms with van der Waals surface area (Å²) in [6.45, 7) is 16.7. The molecule has 1 aliphatic heterocycles. The number of hydrogen-bond donors (Lipinski definition) is 2. The number of rotatable bonds is 16. The van der Waals surface area contributed by atoms with Gasteiger partial charge in [0.05, 0.1) is 10.4 Å². The number of benzene rings is 4. The van der Waals surface area contributed by atoms with Crippen LogP contribution in [0.3, 0.4) is 0 Å². The van der Waals surface area contributed by atoms with Crippen molar-refractivity contribution in [1.29, 1.82) is 0 Å². The maximum absolute atomic E-state index is 11.9. The lowest BCUT2D eigenvalue weighted by Gasteiger charge is -2.39. The topological polar surface area (TPSA) is 103 Å². The molecule has 0 unspecified atom stereocenters. The predicted octanol–water partition coefficient (Wildman–Crippen LogP) is 11.9. The molecule has 1 aliphatic carbocycles. The molecule has 1 saturated heterocycles. The molecule has 10 nitrogen and oxygen atoms in total. The fourth-order valence-corrected chi connectivity index (χ4v) is 9.39. The Morgan fingerprint density at radius 2 is 1.70 bits per heavy atom. The van der Waals surface area contributed by atoms with E-state index in [-0.39, 0.29) is 10.6 Å². The molecule has 61 heavy (non-hydrogen) atoms. The Balaban J connectivity index is 0.000000698. The molecule has 1 fully saturated rings. The number of hydrogen-bond acceptors (Lipinski definition) is 11. The van der Waals surface area contributed by atoms with E-state index < -0.39 is 0 Å². The molecule has 0 atom stereocenters. The standard InChI is InChI=1S/C41H53ClN8O2S.C7H8S/c1-29(2)26-47(5)18-6-17-43-37-14-12-34(24-39(37)50(51)52)53-46-40-36-13-11-33(23-38(36)44-28-45-40)49-21-19-48(20-22-49)27-31-25-41(3,4)16-15-35(31)30-7-9-32(42)10-8-30;1-8-7-5-3-2-4-6-7/h7-14,23-24,28-29,43H,6,15-22,25-27H2,1-5H3,(H,44,45,46);2-6H,1H3. The SMILES string of the molecule is CC(C)CN(C)CCCNc1ccc(SNc2ncnc3cc(N4CCN(CC5=C(c6ccc(Cl)cc6)CCC(C)(C)C5)CC4)ccc23)cc1[N+](=O)[O-].CSc1ccccc1. The molecule has 2 aliphatic rings. The zero-order valence-electron chi connectivity index (χ0n) is 36.5. The minimum Gasteiger partial charge on any atom is -0.379 e. The van der Waals surface area contributed by atoms with Crippen molar-refractivity contribution < 1.29 is 4.92 Å². The minimum absolute atomic E-state index is 0.0610. The molecule has 13 heteroatoms. The fraction of sp³-hybridized carbons (Fsp3) is 0.417. The first-order valence-electron chi connectivity index (χ1n) is 21.3. The van der Waals surface area contributed by atoms with Gasteiger partial charge < -0.3 is 19.8 Å². The van der Waals surface area contributed by atoms with E-state index >= 15 is 0 Å². The Morgan fingerprint density at radius 3 is 2.39 bits per heavy atom. The third-order valence-electron chi connectivity index (χ3n) is 11.3. The van der Waals surface area contributed by atoms with Crippen LogP contribution in [0, 0.1) is 21.4 Å². The van der Waals surface area contributed by atoms with Gasteiger partial charge >= 0.3 is 0 Å². The monoisotopic (exact) mass is 880 g/mol. The van der Waals surface area contributed by atoms with E-state index in [1.807, 2.05) is 36.4 Å². The molecule has 0 radical (unpaired) electrons. The van der Waals surface area contributed by atoms with Crippen molar-refractivity contribution >= 4 is 74.7 Å². The summed E-state index contributed by atoms with van der Waals surface area (Å²) in [5, 5.41) is 16.9. The van der Waals surface area contributed by atoms with E-state index in [2.05, 4.69) is 118 Å². The third kappa shape index (κ3) is 13.6. The van der Waals surface area contributed by atoms with Crippen LogP contribution in [0.1, 0.15) is 58.9 Å². The fourth-order valence-electron chi connectivity index (χ4n) is 8.15. The molecular weight excluding hydrogens is 820 g/mol. The van der Waals surface area contributed by atoms with Crippen molar-refractivity contribution in [3.8, 4) is 0 Å². The van der Waals surface area contributed by atoms with Crippen LogP contribution in [-0.2, 0) is 0 Å². The Kier molecular flexibility index (Phi) is 16.8. The number of halogens is 1. The summed E-state index contributed by atoms with van der Waals surface area (Å²) in [7, 11) is 2.11. The predicted molar refractivity (Wildman–Crippen MR) is 260 cm³/mol. The quantitative estimate of drug-likeness (QED) is 0.0326. The Hall–Kier alpha value is -4.33. The second-order valence-corrected chi connectivity index (χ2v) is 19.4. The number of fused-ring (bicyclic) bond motifs is 1. The summed E-state index contributed by atoms with van der Waals surface area (Å²) in [6, 6.07) is 30.3. The van der Waals surface area contributed by atoms with Crippen LogP contribution >= 0.6 is 35.3 Å². The van der Waals surface area contributed by atoms with E-state index in [0.29, 0.717) is 29.4 Å². The van der Waals surface area contributed by atoms with Crippen LogP contribution in [0.5, 0.6) is 0 Å². The number of thioether (sulfide) groups is 1. The van der Waals surface area contributed by atoms with Crippen molar-refractivity contribution in [2.24, 2.45) is 11.3 Å². The van der Waals surface area contributed by atoms with Gasteiger partial charge in [-0.15, -0.1) is 11.8 Å². The van der Waals surface area contributed by atoms with E-state index in [9.17, 15) is 10.1 Å². The normalized spacial score (nSPS) is 15.5. The van der Waals surface area contributed by atoms with Crippen molar-refractivity contribution in [2.45, 2.75) is 63.2 Å². The van der Waals surface area contributed by atoms with Gasteiger partial charge in [-0.05, 0) is 135 Å². The lowest BCUT2D eigenvalue weighted by molar-refractivity contribution is -0.384. The summed E-state index contributed by atoms with van der Waals surface area (Å²) >= 11 is 9.29. The van der Waals surface area contributed by atoms with Crippen LogP contribution in [0.2, 0.25) is 5.02 Å². The zero-order chi connectivity index (χ0) is 43.4. The van der Waals surface area contributed by atoms with Gasteiger partial charge in [-0.1, -0.05) is 75.2 Å². The third-order valence-corrected chi connectivity index (χ3v) is 13.0.